The Morgan fingerprint density at radius 2 is 2.19 bits per heavy atom. The van der Waals surface area contributed by atoms with Crippen LogP contribution in [0.2, 0.25) is 0 Å². The van der Waals surface area contributed by atoms with Gasteiger partial charge in [0.15, 0.2) is 5.82 Å². The Hall–Kier alpha value is -0.640. The molecule has 0 saturated carbocycles. The van der Waals surface area contributed by atoms with Crippen molar-refractivity contribution in [3.8, 4) is 0 Å². The van der Waals surface area contributed by atoms with E-state index in [1.165, 1.54) is 25.7 Å². The molecule has 0 bridgehead atoms. The van der Waals surface area contributed by atoms with Crippen molar-refractivity contribution in [3.63, 3.8) is 0 Å². The number of hydrogen-bond acceptors (Lipinski definition) is 3. The second-order valence-corrected chi connectivity index (χ2v) is 5.03. The fourth-order valence-corrected chi connectivity index (χ4v) is 2.86. The van der Waals surface area contributed by atoms with Crippen LogP contribution in [-0.2, 0) is 0 Å². The van der Waals surface area contributed by atoms with E-state index < -0.39 is 0 Å². The molecule has 1 aromatic heterocycles. The van der Waals surface area contributed by atoms with Crippen LogP contribution >= 0.6 is 15.9 Å². The maximum absolute atomic E-state index is 4.30. The zero-order chi connectivity index (χ0) is 11.4. The predicted molar refractivity (Wildman–Crippen MR) is 70.2 cm³/mol. The maximum Gasteiger partial charge on any atom is 0.151 e. The molecule has 3 nitrogen and oxygen atoms in total. The number of aromatic nitrogens is 2. The van der Waals surface area contributed by atoms with Gasteiger partial charge >= 0.3 is 0 Å². The van der Waals surface area contributed by atoms with Crippen LogP contribution in [0.3, 0.4) is 0 Å². The first-order chi connectivity index (χ1) is 7.81. The molecule has 0 spiro atoms. The fourth-order valence-electron chi connectivity index (χ4n) is 2.18. The Morgan fingerprint density at radius 1 is 1.31 bits per heavy atom. The SMILES string of the molecule is Cc1ccc(N2CCCCCC2CBr)nn1. The van der Waals surface area contributed by atoms with Gasteiger partial charge in [-0.25, -0.2) is 0 Å². The average molecular weight is 284 g/mol. The first-order valence-corrected chi connectivity index (χ1v) is 7.06. The number of hydrogen-bond donors (Lipinski definition) is 0. The Kier molecular flexibility index (Phi) is 4.16. The van der Waals surface area contributed by atoms with Crippen molar-refractivity contribution >= 4 is 21.7 Å². The lowest BCUT2D eigenvalue weighted by atomic mass is 10.1. The van der Waals surface area contributed by atoms with Crippen LogP contribution in [0, 0.1) is 6.92 Å². The molecule has 1 fully saturated rings. The van der Waals surface area contributed by atoms with Crippen molar-refractivity contribution in [1.29, 1.82) is 0 Å². The number of anilines is 1. The summed E-state index contributed by atoms with van der Waals surface area (Å²) in [5, 5.41) is 9.46. The molecule has 0 N–H and O–H groups in total. The summed E-state index contributed by atoms with van der Waals surface area (Å²) in [6, 6.07) is 4.70. The topological polar surface area (TPSA) is 29.0 Å². The van der Waals surface area contributed by atoms with Gasteiger partial charge in [-0.1, -0.05) is 28.8 Å². The highest BCUT2D eigenvalue weighted by molar-refractivity contribution is 9.09. The third kappa shape index (κ3) is 2.73. The quantitative estimate of drug-likeness (QED) is 0.782. The number of rotatable bonds is 2. The van der Waals surface area contributed by atoms with E-state index >= 15 is 0 Å². The Morgan fingerprint density at radius 3 is 2.88 bits per heavy atom. The van der Waals surface area contributed by atoms with Crippen molar-refractivity contribution in [1.82, 2.24) is 10.2 Å². The summed E-state index contributed by atoms with van der Waals surface area (Å²) in [5.74, 6) is 1.02. The number of halogens is 1. The second-order valence-electron chi connectivity index (χ2n) is 4.38. The van der Waals surface area contributed by atoms with E-state index in [-0.39, 0.29) is 0 Å². The van der Waals surface area contributed by atoms with E-state index in [1.807, 2.05) is 13.0 Å². The van der Waals surface area contributed by atoms with Crippen LogP contribution in [0.15, 0.2) is 12.1 Å². The van der Waals surface area contributed by atoms with Gasteiger partial charge in [-0.3, -0.25) is 0 Å². The first kappa shape index (κ1) is 11.8. The summed E-state index contributed by atoms with van der Waals surface area (Å²) in [6.07, 6.45) is 5.17. The smallest absolute Gasteiger partial charge is 0.151 e. The van der Waals surface area contributed by atoms with Crippen LogP contribution in [0.1, 0.15) is 31.4 Å². The molecular weight excluding hydrogens is 266 g/mol. The summed E-state index contributed by atoms with van der Waals surface area (Å²) in [6.45, 7) is 3.08. The van der Waals surface area contributed by atoms with Gasteiger partial charge in [-0.15, -0.1) is 5.10 Å². The van der Waals surface area contributed by atoms with Crippen molar-refractivity contribution in [3.05, 3.63) is 17.8 Å². The minimum Gasteiger partial charge on any atom is -0.351 e. The predicted octanol–water partition coefficient (Wildman–Crippen LogP) is 2.93. The molecule has 16 heavy (non-hydrogen) atoms. The molecular formula is C12H18BrN3. The number of alkyl halides is 1. The third-order valence-corrected chi connectivity index (χ3v) is 3.88. The van der Waals surface area contributed by atoms with Crippen LogP contribution in [0.4, 0.5) is 5.82 Å². The lowest BCUT2D eigenvalue weighted by molar-refractivity contribution is 0.618. The highest BCUT2D eigenvalue weighted by Crippen LogP contribution is 2.23. The number of aryl methyl sites for hydroxylation is 1. The lowest BCUT2D eigenvalue weighted by Crippen LogP contribution is -2.36. The molecule has 1 aliphatic heterocycles. The normalized spacial score (nSPS) is 21.9. The molecule has 0 amide bonds. The molecule has 1 saturated heterocycles. The Bertz CT molecular complexity index is 326. The maximum atomic E-state index is 4.30. The van der Waals surface area contributed by atoms with Crippen LogP contribution in [-0.4, -0.2) is 28.1 Å². The van der Waals surface area contributed by atoms with E-state index in [0.717, 1.165) is 23.4 Å². The molecule has 1 atom stereocenters. The molecule has 0 aliphatic carbocycles. The summed E-state index contributed by atoms with van der Waals surface area (Å²) in [4.78, 5) is 2.40. The monoisotopic (exact) mass is 283 g/mol. The summed E-state index contributed by atoms with van der Waals surface area (Å²) >= 11 is 3.61. The van der Waals surface area contributed by atoms with Gasteiger partial charge in [-0.05, 0) is 31.9 Å². The summed E-state index contributed by atoms with van der Waals surface area (Å²) in [5.41, 5.74) is 0.981. The van der Waals surface area contributed by atoms with Gasteiger partial charge in [0.2, 0.25) is 0 Å². The van der Waals surface area contributed by atoms with Crippen LogP contribution in [0.5, 0.6) is 0 Å². The molecule has 1 aliphatic rings. The van der Waals surface area contributed by atoms with E-state index in [4.69, 9.17) is 0 Å². The van der Waals surface area contributed by atoms with Gasteiger partial charge in [0, 0.05) is 17.9 Å². The average Bonchev–Trinajstić information content (AvgIpc) is 2.55. The zero-order valence-corrected chi connectivity index (χ0v) is 11.3. The molecule has 0 radical (unpaired) electrons. The largest absolute Gasteiger partial charge is 0.351 e. The third-order valence-electron chi connectivity index (χ3n) is 3.13. The minimum absolute atomic E-state index is 0.569. The van der Waals surface area contributed by atoms with E-state index in [9.17, 15) is 0 Å². The highest BCUT2D eigenvalue weighted by atomic mass is 79.9. The second kappa shape index (κ2) is 5.62. The van der Waals surface area contributed by atoms with Crippen molar-refractivity contribution < 1.29 is 0 Å². The summed E-state index contributed by atoms with van der Waals surface area (Å²) in [7, 11) is 0. The lowest BCUT2D eigenvalue weighted by Gasteiger charge is -2.29. The molecule has 2 rings (SSSR count). The van der Waals surface area contributed by atoms with Crippen molar-refractivity contribution in [2.45, 2.75) is 38.6 Å². The minimum atomic E-state index is 0.569. The zero-order valence-electron chi connectivity index (χ0n) is 9.69. The van der Waals surface area contributed by atoms with Crippen molar-refractivity contribution in [2.24, 2.45) is 0 Å². The molecule has 1 aromatic rings. The standard InChI is InChI=1S/C12H18BrN3/c1-10-6-7-12(15-14-10)16-8-4-2-3-5-11(16)9-13/h6-7,11H,2-5,8-9H2,1H3. The molecule has 0 aromatic carbocycles. The van der Waals surface area contributed by atoms with E-state index in [2.05, 4.69) is 37.1 Å². The van der Waals surface area contributed by atoms with Gasteiger partial charge in [0.1, 0.15) is 0 Å². The molecule has 4 heteroatoms. The van der Waals surface area contributed by atoms with Crippen LogP contribution in [0.25, 0.3) is 0 Å². The van der Waals surface area contributed by atoms with Crippen LogP contribution < -0.4 is 4.90 Å². The van der Waals surface area contributed by atoms with Gasteiger partial charge in [-0.2, -0.15) is 5.10 Å². The fraction of sp³-hybridized carbons (Fsp3) is 0.667. The molecule has 2 heterocycles. The van der Waals surface area contributed by atoms with E-state index in [1.54, 1.807) is 0 Å². The van der Waals surface area contributed by atoms with Gasteiger partial charge in [0.05, 0.1) is 5.69 Å². The Labute approximate surface area is 105 Å². The first-order valence-electron chi connectivity index (χ1n) is 5.94. The molecule has 88 valence electrons. The highest BCUT2D eigenvalue weighted by Gasteiger charge is 2.21. The van der Waals surface area contributed by atoms with Gasteiger partial charge in [0.25, 0.3) is 0 Å². The van der Waals surface area contributed by atoms with Crippen molar-refractivity contribution in [2.75, 3.05) is 16.8 Å². The Balaban J connectivity index is 2.18. The summed E-state index contributed by atoms with van der Waals surface area (Å²) < 4.78 is 0. The molecule has 1 unspecified atom stereocenters. The van der Waals surface area contributed by atoms with Gasteiger partial charge < -0.3 is 4.90 Å². The van der Waals surface area contributed by atoms with E-state index in [0.29, 0.717) is 6.04 Å². The number of nitrogens with zero attached hydrogens (tertiary/aromatic N) is 3.